The van der Waals surface area contributed by atoms with Crippen molar-refractivity contribution in [1.29, 1.82) is 0 Å². The summed E-state index contributed by atoms with van der Waals surface area (Å²) in [5.41, 5.74) is 0.949. The Bertz CT molecular complexity index is 521. The van der Waals surface area contributed by atoms with Crippen molar-refractivity contribution < 1.29 is 14.6 Å². The number of fused-ring (bicyclic) bond motifs is 1. The molecule has 0 amide bonds. The first-order valence-corrected chi connectivity index (χ1v) is 4.77. The van der Waals surface area contributed by atoms with E-state index in [0.29, 0.717) is 17.4 Å². The molecule has 0 saturated carbocycles. The molecule has 0 aliphatic rings. The summed E-state index contributed by atoms with van der Waals surface area (Å²) in [7, 11) is 1.31. The Morgan fingerprint density at radius 3 is 3.12 bits per heavy atom. The van der Waals surface area contributed by atoms with Crippen molar-refractivity contribution in [1.82, 2.24) is 14.8 Å². The van der Waals surface area contributed by atoms with Crippen LogP contribution in [0.5, 0.6) is 0 Å². The molecule has 0 saturated heterocycles. The Hall–Kier alpha value is -1.95. The Morgan fingerprint density at radius 2 is 2.44 bits per heavy atom. The van der Waals surface area contributed by atoms with E-state index in [1.165, 1.54) is 11.8 Å². The third-order valence-corrected chi connectivity index (χ3v) is 2.24. The normalized spacial score (nSPS) is 10.6. The molecule has 16 heavy (non-hydrogen) atoms. The molecule has 0 atom stereocenters. The van der Waals surface area contributed by atoms with Crippen LogP contribution in [0.4, 0.5) is 0 Å². The van der Waals surface area contributed by atoms with Gasteiger partial charge in [-0.1, -0.05) is 0 Å². The van der Waals surface area contributed by atoms with Crippen LogP contribution in [0.2, 0.25) is 0 Å². The molecule has 0 aliphatic carbocycles. The topological polar surface area (TPSA) is 77.2 Å². The lowest BCUT2D eigenvalue weighted by Gasteiger charge is -1.97. The molecule has 6 heteroatoms. The van der Waals surface area contributed by atoms with Gasteiger partial charge < -0.3 is 9.84 Å². The maximum absolute atomic E-state index is 11.5. The summed E-state index contributed by atoms with van der Waals surface area (Å²) >= 11 is 0. The average Bonchev–Trinajstić information content (AvgIpc) is 2.68. The number of carbonyl (C=O) groups is 1. The fourth-order valence-electron chi connectivity index (χ4n) is 1.53. The second-order valence-corrected chi connectivity index (χ2v) is 3.18. The molecule has 2 aromatic rings. The highest BCUT2D eigenvalue weighted by Gasteiger charge is 2.17. The van der Waals surface area contributed by atoms with Crippen LogP contribution in [0.3, 0.4) is 0 Å². The third-order valence-electron chi connectivity index (χ3n) is 2.24. The summed E-state index contributed by atoms with van der Waals surface area (Å²) in [5, 5.41) is 13.7. The molecular formula is C10H11N3O3. The number of rotatable bonds is 3. The zero-order valence-corrected chi connectivity index (χ0v) is 8.75. The Labute approximate surface area is 91.5 Å². The van der Waals surface area contributed by atoms with E-state index < -0.39 is 5.97 Å². The quantitative estimate of drug-likeness (QED) is 0.750. The third kappa shape index (κ3) is 1.63. The van der Waals surface area contributed by atoms with Crippen LogP contribution in [-0.4, -0.2) is 39.6 Å². The van der Waals surface area contributed by atoms with E-state index in [4.69, 9.17) is 5.11 Å². The van der Waals surface area contributed by atoms with Crippen molar-refractivity contribution >= 4 is 16.9 Å². The SMILES string of the molecule is COC(=O)c1nn(CCO)c2cnccc12. The molecule has 84 valence electrons. The Balaban J connectivity index is 2.61. The first-order valence-electron chi connectivity index (χ1n) is 4.77. The summed E-state index contributed by atoms with van der Waals surface area (Å²) < 4.78 is 6.17. The van der Waals surface area contributed by atoms with Gasteiger partial charge in [-0.3, -0.25) is 9.67 Å². The van der Waals surface area contributed by atoms with Crippen LogP contribution in [0.15, 0.2) is 18.5 Å². The largest absolute Gasteiger partial charge is 0.464 e. The number of hydrogen-bond acceptors (Lipinski definition) is 5. The Morgan fingerprint density at radius 1 is 1.62 bits per heavy atom. The highest BCUT2D eigenvalue weighted by atomic mass is 16.5. The van der Waals surface area contributed by atoms with Crippen LogP contribution >= 0.6 is 0 Å². The smallest absolute Gasteiger partial charge is 0.359 e. The Kier molecular flexibility index (Phi) is 2.82. The highest BCUT2D eigenvalue weighted by Crippen LogP contribution is 2.17. The number of pyridine rings is 1. The first-order chi connectivity index (χ1) is 7.77. The van der Waals surface area contributed by atoms with Gasteiger partial charge in [0.15, 0.2) is 5.69 Å². The van der Waals surface area contributed by atoms with Crippen LogP contribution in [0.25, 0.3) is 10.9 Å². The summed E-state index contributed by atoms with van der Waals surface area (Å²) in [6, 6.07) is 1.70. The van der Waals surface area contributed by atoms with Crippen molar-refractivity contribution in [2.24, 2.45) is 0 Å². The van der Waals surface area contributed by atoms with Crippen molar-refractivity contribution in [2.75, 3.05) is 13.7 Å². The average molecular weight is 221 g/mol. The van der Waals surface area contributed by atoms with Crippen molar-refractivity contribution in [2.45, 2.75) is 6.54 Å². The highest BCUT2D eigenvalue weighted by molar-refractivity contribution is 6.01. The van der Waals surface area contributed by atoms with Gasteiger partial charge in [-0.2, -0.15) is 5.10 Å². The molecule has 0 radical (unpaired) electrons. The van der Waals surface area contributed by atoms with Gasteiger partial charge in [-0.25, -0.2) is 4.79 Å². The van der Waals surface area contributed by atoms with E-state index in [1.54, 1.807) is 18.5 Å². The van der Waals surface area contributed by atoms with Crippen molar-refractivity contribution in [3.63, 3.8) is 0 Å². The molecular weight excluding hydrogens is 210 g/mol. The first kappa shape index (κ1) is 10.6. The van der Waals surface area contributed by atoms with Gasteiger partial charge in [0.2, 0.25) is 0 Å². The maximum Gasteiger partial charge on any atom is 0.359 e. The van der Waals surface area contributed by atoms with E-state index in [1.807, 2.05) is 0 Å². The fraction of sp³-hybridized carbons (Fsp3) is 0.300. The number of carbonyl (C=O) groups excluding carboxylic acids is 1. The fourth-order valence-corrected chi connectivity index (χ4v) is 1.53. The standard InChI is InChI=1S/C10H11N3O3/c1-16-10(15)9-7-2-3-11-6-8(7)13(12-9)4-5-14/h2-3,6,14H,4-5H2,1H3. The van der Waals surface area contributed by atoms with E-state index in [2.05, 4.69) is 14.8 Å². The van der Waals surface area contributed by atoms with Gasteiger partial charge in [-0.05, 0) is 6.07 Å². The summed E-state index contributed by atoms with van der Waals surface area (Å²) in [6.45, 7) is 0.269. The number of ether oxygens (including phenoxy) is 1. The second kappa shape index (κ2) is 4.28. The molecule has 2 heterocycles. The van der Waals surface area contributed by atoms with E-state index in [9.17, 15) is 4.79 Å². The molecule has 6 nitrogen and oxygen atoms in total. The van der Waals surface area contributed by atoms with Crippen LogP contribution in [0, 0.1) is 0 Å². The van der Waals surface area contributed by atoms with Crippen LogP contribution < -0.4 is 0 Å². The molecule has 0 fully saturated rings. The molecule has 0 bridgehead atoms. The van der Waals surface area contributed by atoms with Crippen molar-refractivity contribution in [3.05, 3.63) is 24.2 Å². The van der Waals surface area contributed by atoms with Gasteiger partial charge in [0, 0.05) is 11.6 Å². The molecule has 0 unspecified atom stereocenters. The van der Waals surface area contributed by atoms with Gasteiger partial charge >= 0.3 is 5.97 Å². The van der Waals surface area contributed by atoms with Gasteiger partial charge in [0.1, 0.15) is 0 Å². The molecule has 0 aromatic carbocycles. The molecule has 0 aliphatic heterocycles. The van der Waals surface area contributed by atoms with Crippen LogP contribution in [0.1, 0.15) is 10.5 Å². The van der Waals surface area contributed by atoms with E-state index in [0.717, 1.165) is 0 Å². The zero-order chi connectivity index (χ0) is 11.5. The second-order valence-electron chi connectivity index (χ2n) is 3.18. The van der Waals surface area contributed by atoms with Crippen molar-refractivity contribution in [3.8, 4) is 0 Å². The number of aliphatic hydroxyl groups excluding tert-OH is 1. The van der Waals surface area contributed by atoms with E-state index in [-0.39, 0.29) is 12.3 Å². The number of nitrogens with zero attached hydrogens (tertiary/aromatic N) is 3. The lowest BCUT2D eigenvalue weighted by atomic mass is 10.2. The summed E-state index contributed by atoms with van der Waals surface area (Å²) in [6.07, 6.45) is 3.18. The number of methoxy groups -OCH3 is 1. The monoisotopic (exact) mass is 221 g/mol. The lowest BCUT2D eigenvalue weighted by Crippen LogP contribution is -2.07. The summed E-state index contributed by atoms with van der Waals surface area (Å²) in [4.78, 5) is 15.4. The van der Waals surface area contributed by atoms with Crippen LogP contribution in [-0.2, 0) is 11.3 Å². The van der Waals surface area contributed by atoms with E-state index >= 15 is 0 Å². The lowest BCUT2D eigenvalue weighted by molar-refractivity contribution is 0.0594. The minimum absolute atomic E-state index is 0.0493. The minimum atomic E-state index is -0.493. The molecule has 2 aromatic heterocycles. The number of aromatic nitrogens is 3. The number of hydrogen-bond donors (Lipinski definition) is 1. The van der Waals surface area contributed by atoms with Gasteiger partial charge in [0.05, 0.1) is 32.0 Å². The number of esters is 1. The number of aliphatic hydroxyl groups is 1. The predicted molar refractivity (Wildman–Crippen MR) is 56.0 cm³/mol. The van der Waals surface area contributed by atoms with Gasteiger partial charge in [0.25, 0.3) is 0 Å². The maximum atomic E-state index is 11.5. The molecule has 1 N–H and O–H groups in total. The summed E-state index contributed by atoms with van der Waals surface area (Å²) in [5.74, 6) is -0.493. The minimum Gasteiger partial charge on any atom is -0.464 e. The molecule has 2 rings (SSSR count). The molecule has 0 spiro atoms. The zero-order valence-electron chi connectivity index (χ0n) is 8.75. The predicted octanol–water partition coefficient (Wildman–Crippen LogP) is 0.210. The van der Waals surface area contributed by atoms with Gasteiger partial charge in [-0.15, -0.1) is 0 Å².